The van der Waals surface area contributed by atoms with Crippen LogP contribution in [0.25, 0.3) is 0 Å². The first-order valence-corrected chi connectivity index (χ1v) is 7.31. The van der Waals surface area contributed by atoms with Gasteiger partial charge < -0.3 is 11.1 Å². The molecule has 0 unspecified atom stereocenters. The predicted molar refractivity (Wildman–Crippen MR) is 87.0 cm³/mol. The van der Waals surface area contributed by atoms with Crippen LogP contribution in [-0.4, -0.2) is 5.91 Å². The van der Waals surface area contributed by atoms with Gasteiger partial charge in [0.25, 0.3) is 0 Å². The van der Waals surface area contributed by atoms with E-state index in [0.29, 0.717) is 29.2 Å². The third-order valence-corrected chi connectivity index (χ3v) is 3.69. The van der Waals surface area contributed by atoms with E-state index in [-0.39, 0.29) is 5.91 Å². The van der Waals surface area contributed by atoms with E-state index in [1.807, 2.05) is 24.3 Å². The minimum Gasteiger partial charge on any atom is -0.399 e. The lowest BCUT2D eigenvalue weighted by Crippen LogP contribution is -2.12. The Labute approximate surface area is 131 Å². The zero-order chi connectivity index (χ0) is 14.5. The summed E-state index contributed by atoms with van der Waals surface area (Å²) in [6.07, 6.45) is 1.06. The molecule has 0 fully saturated rings. The van der Waals surface area contributed by atoms with E-state index in [0.717, 1.165) is 10.0 Å². The first-order valence-electron chi connectivity index (χ1n) is 6.14. The second kappa shape index (κ2) is 6.77. The second-order valence-corrected chi connectivity index (χ2v) is 5.71. The van der Waals surface area contributed by atoms with Crippen molar-refractivity contribution in [2.45, 2.75) is 12.8 Å². The Morgan fingerprint density at radius 3 is 2.75 bits per heavy atom. The van der Waals surface area contributed by atoms with E-state index in [9.17, 15) is 4.79 Å². The smallest absolute Gasteiger partial charge is 0.224 e. The predicted octanol–water partition coefficient (Wildman–Crippen LogP) is 4.26. The monoisotopic (exact) mass is 352 g/mol. The van der Waals surface area contributed by atoms with Crippen LogP contribution >= 0.6 is 27.5 Å². The molecular weight excluding hydrogens is 340 g/mol. The molecular formula is C15H14BrClN2O. The summed E-state index contributed by atoms with van der Waals surface area (Å²) in [6, 6.07) is 12.8. The van der Waals surface area contributed by atoms with Crippen LogP contribution in [0.4, 0.5) is 11.4 Å². The van der Waals surface area contributed by atoms with E-state index in [1.165, 1.54) is 0 Å². The number of nitrogens with one attached hydrogen (secondary N) is 1. The highest BCUT2D eigenvalue weighted by molar-refractivity contribution is 9.10. The van der Waals surface area contributed by atoms with Crippen LogP contribution in [-0.2, 0) is 11.2 Å². The third kappa shape index (κ3) is 4.25. The Kier molecular flexibility index (Phi) is 5.04. The van der Waals surface area contributed by atoms with Crippen LogP contribution in [0.2, 0.25) is 5.02 Å². The highest BCUT2D eigenvalue weighted by Crippen LogP contribution is 2.26. The van der Waals surface area contributed by atoms with E-state index >= 15 is 0 Å². The molecule has 0 saturated heterocycles. The molecule has 0 aromatic heterocycles. The summed E-state index contributed by atoms with van der Waals surface area (Å²) >= 11 is 9.22. The summed E-state index contributed by atoms with van der Waals surface area (Å²) in [5.41, 5.74) is 8.18. The van der Waals surface area contributed by atoms with Gasteiger partial charge in [-0.15, -0.1) is 0 Å². The van der Waals surface area contributed by atoms with Crippen LogP contribution in [0.5, 0.6) is 0 Å². The van der Waals surface area contributed by atoms with Crippen molar-refractivity contribution in [3.05, 3.63) is 57.5 Å². The minimum atomic E-state index is -0.0459. The highest BCUT2D eigenvalue weighted by atomic mass is 79.9. The summed E-state index contributed by atoms with van der Waals surface area (Å²) in [5.74, 6) is -0.0459. The summed E-state index contributed by atoms with van der Waals surface area (Å²) < 4.78 is 0.766. The largest absolute Gasteiger partial charge is 0.399 e. The van der Waals surface area contributed by atoms with Crippen molar-refractivity contribution in [2.24, 2.45) is 0 Å². The molecule has 104 valence electrons. The number of nitrogen functional groups attached to an aromatic ring is 1. The fourth-order valence-corrected chi connectivity index (χ4v) is 2.59. The lowest BCUT2D eigenvalue weighted by molar-refractivity contribution is -0.116. The summed E-state index contributed by atoms with van der Waals surface area (Å²) in [4.78, 5) is 11.9. The number of anilines is 2. The van der Waals surface area contributed by atoms with E-state index in [4.69, 9.17) is 17.3 Å². The molecule has 20 heavy (non-hydrogen) atoms. The van der Waals surface area contributed by atoms with Gasteiger partial charge in [-0.2, -0.15) is 0 Å². The van der Waals surface area contributed by atoms with Gasteiger partial charge in [0.15, 0.2) is 0 Å². The number of benzene rings is 2. The topological polar surface area (TPSA) is 55.1 Å². The van der Waals surface area contributed by atoms with Crippen molar-refractivity contribution in [2.75, 3.05) is 11.1 Å². The average Bonchev–Trinajstić information content (AvgIpc) is 2.40. The molecule has 0 saturated carbocycles. The van der Waals surface area contributed by atoms with Crippen molar-refractivity contribution >= 4 is 44.8 Å². The van der Waals surface area contributed by atoms with E-state index in [1.54, 1.807) is 18.2 Å². The molecule has 3 nitrogen and oxygen atoms in total. The Morgan fingerprint density at radius 2 is 2.05 bits per heavy atom. The number of carbonyl (C=O) groups is 1. The summed E-state index contributed by atoms with van der Waals surface area (Å²) in [7, 11) is 0. The molecule has 0 aliphatic rings. The number of rotatable bonds is 4. The molecule has 0 bridgehead atoms. The lowest BCUT2D eigenvalue weighted by Gasteiger charge is -2.08. The first kappa shape index (κ1) is 14.9. The van der Waals surface area contributed by atoms with Gasteiger partial charge in [-0.25, -0.2) is 0 Å². The van der Waals surface area contributed by atoms with Gasteiger partial charge in [0, 0.05) is 21.6 Å². The van der Waals surface area contributed by atoms with Gasteiger partial charge in [0.1, 0.15) is 0 Å². The first-order chi connectivity index (χ1) is 9.54. The fourth-order valence-electron chi connectivity index (χ4n) is 1.81. The van der Waals surface area contributed by atoms with Crippen LogP contribution in [0.1, 0.15) is 12.0 Å². The number of halogens is 2. The van der Waals surface area contributed by atoms with E-state index < -0.39 is 0 Å². The standard InChI is InChI=1S/C15H14BrClN2O/c16-13-9-11(17)5-6-14(13)19-15(20)7-4-10-2-1-3-12(18)8-10/h1-3,5-6,8-9H,4,7,18H2,(H,19,20). The molecule has 2 aromatic carbocycles. The van der Waals surface area contributed by atoms with Crippen LogP contribution in [0.15, 0.2) is 46.9 Å². The van der Waals surface area contributed by atoms with Gasteiger partial charge in [0.05, 0.1) is 5.69 Å². The van der Waals surface area contributed by atoms with Gasteiger partial charge in [-0.05, 0) is 58.2 Å². The highest BCUT2D eigenvalue weighted by Gasteiger charge is 2.06. The normalized spacial score (nSPS) is 10.3. The number of hydrogen-bond acceptors (Lipinski definition) is 2. The molecule has 0 heterocycles. The molecule has 0 radical (unpaired) electrons. The Balaban J connectivity index is 1.92. The van der Waals surface area contributed by atoms with Crippen LogP contribution < -0.4 is 11.1 Å². The van der Waals surface area contributed by atoms with Crippen molar-refractivity contribution < 1.29 is 4.79 Å². The molecule has 0 spiro atoms. The molecule has 0 aliphatic carbocycles. The quantitative estimate of drug-likeness (QED) is 0.807. The SMILES string of the molecule is Nc1cccc(CCC(=O)Nc2ccc(Cl)cc2Br)c1. The average molecular weight is 354 g/mol. The molecule has 2 rings (SSSR count). The molecule has 3 N–H and O–H groups in total. The number of carbonyl (C=O) groups excluding carboxylic acids is 1. The Bertz CT molecular complexity index is 631. The Hall–Kier alpha value is -1.52. The van der Waals surface area contributed by atoms with Crippen molar-refractivity contribution in [1.82, 2.24) is 0 Å². The van der Waals surface area contributed by atoms with Crippen molar-refractivity contribution in [1.29, 1.82) is 0 Å². The lowest BCUT2D eigenvalue weighted by atomic mass is 10.1. The number of hydrogen-bond donors (Lipinski definition) is 2. The Morgan fingerprint density at radius 1 is 1.25 bits per heavy atom. The summed E-state index contributed by atoms with van der Waals surface area (Å²) in [6.45, 7) is 0. The van der Waals surface area contributed by atoms with Crippen LogP contribution in [0, 0.1) is 0 Å². The van der Waals surface area contributed by atoms with Gasteiger partial charge >= 0.3 is 0 Å². The van der Waals surface area contributed by atoms with Crippen molar-refractivity contribution in [3.63, 3.8) is 0 Å². The van der Waals surface area contributed by atoms with Crippen molar-refractivity contribution in [3.8, 4) is 0 Å². The zero-order valence-electron chi connectivity index (χ0n) is 10.7. The number of nitrogens with two attached hydrogens (primary N) is 1. The third-order valence-electron chi connectivity index (χ3n) is 2.80. The maximum atomic E-state index is 11.9. The van der Waals surface area contributed by atoms with Gasteiger partial charge in [-0.3, -0.25) is 4.79 Å². The van der Waals surface area contributed by atoms with Crippen LogP contribution in [0.3, 0.4) is 0 Å². The maximum absolute atomic E-state index is 11.9. The molecule has 0 atom stereocenters. The van der Waals surface area contributed by atoms with Gasteiger partial charge in [0.2, 0.25) is 5.91 Å². The maximum Gasteiger partial charge on any atom is 0.224 e. The molecule has 5 heteroatoms. The number of amides is 1. The minimum absolute atomic E-state index is 0.0459. The number of aryl methyl sites for hydroxylation is 1. The van der Waals surface area contributed by atoms with Gasteiger partial charge in [-0.1, -0.05) is 23.7 Å². The second-order valence-electron chi connectivity index (χ2n) is 4.42. The fraction of sp³-hybridized carbons (Fsp3) is 0.133. The summed E-state index contributed by atoms with van der Waals surface area (Å²) in [5, 5.41) is 3.47. The zero-order valence-corrected chi connectivity index (χ0v) is 13.0. The molecule has 1 amide bonds. The molecule has 0 aliphatic heterocycles. The van der Waals surface area contributed by atoms with E-state index in [2.05, 4.69) is 21.2 Å². The molecule has 2 aromatic rings.